The van der Waals surface area contributed by atoms with Gasteiger partial charge in [-0.1, -0.05) is 36.4 Å². The van der Waals surface area contributed by atoms with Crippen LogP contribution in [0, 0.1) is 5.82 Å². The Bertz CT molecular complexity index is 1220. The highest BCUT2D eigenvalue weighted by molar-refractivity contribution is 5.98. The fraction of sp³-hybridized carbons (Fsp3) is 0.333. The van der Waals surface area contributed by atoms with Crippen LogP contribution in [0.15, 0.2) is 66.7 Å². The van der Waals surface area contributed by atoms with Crippen LogP contribution < -0.4 is 15.5 Å². The first-order valence-corrected chi connectivity index (χ1v) is 11.8. The van der Waals surface area contributed by atoms with Gasteiger partial charge in [-0.25, -0.2) is 4.39 Å². The number of nitrogens with zero attached hydrogens (tertiary/aromatic N) is 2. The number of hydrogen-bond acceptors (Lipinski definition) is 4. The van der Waals surface area contributed by atoms with Crippen LogP contribution in [0.2, 0.25) is 0 Å². The maximum absolute atomic E-state index is 13.8. The predicted octanol–water partition coefficient (Wildman–Crippen LogP) is 3.53. The van der Waals surface area contributed by atoms with Gasteiger partial charge in [-0.05, 0) is 60.9 Å². The van der Waals surface area contributed by atoms with Crippen molar-refractivity contribution in [2.24, 2.45) is 0 Å². The summed E-state index contributed by atoms with van der Waals surface area (Å²) < 4.78 is 13.8. The summed E-state index contributed by atoms with van der Waals surface area (Å²) in [6.07, 6.45) is 1.31. The van der Waals surface area contributed by atoms with Crippen molar-refractivity contribution in [2.45, 2.75) is 31.3 Å². The molecule has 34 heavy (non-hydrogen) atoms. The summed E-state index contributed by atoms with van der Waals surface area (Å²) in [5, 5.41) is 8.21. The van der Waals surface area contributed by atoms with Crippen molar-refractivity contribution in [2.75, 3.05) is 31.2 Å². The molecular weight excluding hydrogens is 431 g/mol. The SMILES string of the molecule is C[C@H](CN1CCC2(CC1)C(=O)NCN2c1cccc(F)c1)NC(=O)c1ccc2ccccc2c1. The Morgan fingerprint density at radius 2 is 1.82 bits per heavy atom. The first-order chi connectivity index (χ1) is 16.4. The lowest BCUT2D eigenvalue weighted by molar-refractivity contribution is -0.125. The summed E-state index contributed by atoms with van der Waals surface area (Å²) in [6, 6.07) is 20.1. The number of likely N-dealkylation sites (tertiary alicyclic amines) is 1. The van der Waals surface area contributed by atoms with E-state index in [-0.39, 0.29) is 23.7 Å². The molecule has 0 aliphatic carbocycles. The van der Waals surface area contributed by atoms with E-state index >= 15 is 0 Å². The van der Waals surface area contributed by atoms with Crippen molar-refractivity contribution < 1.29 is 14.0 Å². The Morgan fingerprint density at radius 1 is 1.06 bits per heavy atom. The van der Waals surface area contributed by atoms with E-state index in [0.29, 0.717) is 31.6 Å². The van der Waals surface area contributed by atoms with Crippen LogP contribution in [0.3, 0.4) is 0 Å². The minimum atomic E-state index is -0.651. The Morgan fingerprint density at radius 3 is 2.59 bits per heavy atom. The average Bonchev–Trinajstić information content (AvgIpc) is 3.15. The second-order valence-corrected chi connectivity index (χ2v) is 9.34. The van der Waals surface area contributed by atoms with Crippen LogP contribution >= 0.6 is 0 Å². The van der Waals surface area contributed by atoms with E-state index in [1.165, 1.54) is 12.1 Å². The quantitative estimate of drug-likeness (QED) is 0.612. The average molecular weight is 461 g/mol. The number of anilines is 1. The molecule has 3 aromatic rings. The third-order valence-electron chi connectivity index (χ3n) is 7.06. The Kier molecular flexibility index (Phi) is 5.96. The summed E-state index contributed by atoms with van der Waals surface area (Å²) >= 11 is 0. The number of nitrogens with one attached hydrogen (secondary N) is 2. The van der Waals surface area contributed by atoms with Crippen molar-refractivity contribution in [1.82, 2.24) is 15.5 Å². The maximum atomic E-state index is 13.8. The number of rotatable bonds is 5. The van der Waals surface area contributed by atoms with Crippen LogP contribution in [-0.2, 0) is 4.79 Å². The summed E-state index contributed by atoms with van der Waals surface area (Å²) in [4.78, 5) is 29.9. The number of benzene rings is 3. The largest absolute Gasteiger partial charge is 0.348 e. The smallest absolute Gasteiger partial charge is 0.251 e. The zero-order chi connectivity index (χ0) is 23.7. The van der Waals surface area contributed by atoms with Crippen LogP contribution in [0.4, 0.5) is 10.1 Å². The molecular formula is C27H29FN4O2. The van der Waals surface area contributed by atoms with Crippen LogP contribution in [0.5, 0.6) is 0 Å². The van der Waals surface area contributed by atoms with Crippen molar-refractivity contribution in [3.63, 3.8) is 0 Å². The number of piperidine rings is 1. The number of amides is 2. The molecule has 7 heteroatoms. The number of fused-ring (bicyclic) bond motifs is 1. The van der Waals surface area contributed by atoms with E-state index in [9.17, 15) is 14.0 Å². The van der Waals surface area contributed by atoms with Gasteiger partial charge in [0.1, 0.15) is 11.4 Å². The highest BCUT2D eigenvalue weighted by atomic mass is 19.1. The number of carbonyl (C=O) groups excluding carboxylic acids is 2. The first-order valence-electron chi connectivity index (χ1n) is 11.8. The topological polar surface area (TPSA) is 64.7 Å². The van der Waals surface area contributed by atoms with Gasteiger partial charge in [-0.15, -0.1) is 0 Å². The highest BCUT2D eigenvalue weighted by Crippen LogP contribution is 2.36. The standard InChI is InChI=1S/C27H29FN4O2/c1-19(30-25(33)22-10-9-20-5-2-3-6-21(20)15-22)17-31-13-11-27(12-14-31)26(34)29-18-32(27)24-8-4-7-23(28)16-24/h2-10,15-16,19H,11-14,17-18H2,1H3,(H,29,34)(H,30,33)/t19-/m1/s1. The number of carbonyl (C=O) groups is 2. The Labute approximate surface area is 198 Å². The van der Waals surface area contributed by atoms with E-state index in [0.717, 1.165) is 29.5 Å². The minimum Gasteiger partial charge on any atom is -0.348 e. The van der Waals surface area contributed by atoms with Crippen molar-refractivity contribution in [3.8, 4) is 0 Å². The van der Waals surface area contributed by atoms with Gasteiger partial charge in [-0.3, -0.25) is 9.59 Å². The molecule has 2 fully saturated rings. The van der Waals surface area contributed by atoms with Crippen molar-refractivity contribution in [3.05, 3.63) is 78.1 Å². The Balaban J connectivity index is 1.20. The molecule has 5 rings (SSSR count). The summed E-state index contributed by atoms with van der Waals surface area (Å²) in [7, 11) is 0. The van der Waals surface area contributed by atoms with Gasteiger partial charge < -0.3 is 20.4 Å². The molecule has 1 atom stereocenters. The molecule has 0 aromatic heterocycles. The van der Waals surface area contributed by atoms with Crippen LogP contribution in [0.1, 0.15) is 30.1 Å². The van der Waals surface area contributed by atoms with Gasteiger partial charge in [0.25, 0.3) is 5.91 Å². The molecule has 176 valence electrons. The lowest BCUT2D eigenvalue weighted by atomic mass is 9.85. The summed E-state index contributed by atoms with van der Waals surface area (Å²) in [5.41, 5.74) is 0.723. The first kappa shape index (κ1) is 22.3. The van der Waals surface area contributed by atoms with Crippen molar-refractivity contribution >= 4 is 28.3 Å². The third-order valence-corrected chi connectivity index (χ3v) is 7.06. The monoisotopic (exact) mass is 460 g/mol. The van der Waals surface area contributed by atoms with E-state index in [1.807, 2.05) is 60.4 Å². The number of hydrogen-bond donors (Lipinski definition) is 2. The third kappa shape index (κ3) is 4.23. The molecule has 0 radical (unpaired) electrons. The predicted molar refractivity (Wildman–Crippen MR) is 131 cm³/mol. The molecule has 3 aromatic carbocycles. The molecule has 0 bridgehead atoms. The maximum Gasteiger partial charge on any atom is 0.251 e. The number of halogens is 1. The second-order valence-electron chi connectivity index (χ2n) is 9.34. The van der Waals surface area contributed by atoms with E-state index in [2.05, 4.69) is 15.5 Å². The molecule has 0 saturated carbocycles. The molecule has 6 nitrogen and oxygen atoms in total. The highest BCUT2D eigenvalue weighted by Gasteiger charge is 2.50. The molecule has 2 saturated heterocycles. The normalized spacial score (nSPS) is 18.8. The fourth-order valence-corrected chi connectivity index (χ4v) is 5.24. The Hall–Kier alpha value is -3.45. The second kappa shape index (κ2) is 9.06. The van der Waals surface area contributed by atoms with Gasteiger partial charge >= 0.3 is 0 Å². The van der Waals surface area contributed by atoms with Gasteiger partial charge in [0, 0.05) is 36.9 Å². The van der Waals surface area contributed by atoms with Gasteiger partial charge in [-0.2, -0.15) is 0 Å². The van der Waals surface area contributed by atoms with Gasteiger partial charge in [0.15, 0.2) is 0 Å². The van der Waals surface area contributed by atoms with Crippen LogP contribution in [0.25, 0.3) is 10.8 Å². The molecule has 0 unspecified atom stereocenters. The van der Waals surface area contributed by atoms with Crippen LogP contribution in [-0.4, -0.2) is 54.6 Å². The lowest BCUT2D eigenvalue weighted by Crippen LogP contribution is -2.57. The van der Waals surface area contributed by atoms with E-state index < -0.39 is 5.54 Å². The summed E-state index contributed by atoms with van der Waals surface area (Å²) in [5.74, 6) is -0.381. The molecule has 2 aliphatic heterocycles. The molecule has 2 aliphatic rings. The van der Waals surface area contributed by atoms with E-state index in [4.69, 9.17) is 0 Å². The minimum absolute atomic E-state index is 0.00840. The zero-order valence-electron chi connectivity index (χ0n) is 19.3. The van der Waals surface area contributed by atoms with Gasteiger partial charge in [0.05, 0.1) is 6.67 Å². The zero-order valence-corrected chi connectivity index (χ0v) is 19.3. The van der Waals surface area contributed by atoms with Crippen molar-refractivity contribution in [1.29, 1.82) is 0 Å². The van der Waals surface area contributed by atoms with Gasteiger partial charge in [0.2, 0.25) is 5.91 Å². The lowest BCUT2D eigenvalue weighted by Gasteiger charge is -2.43. The molecule has 2 N–H and O–H groups in total. The van der Waals surface area contributed by atoms with E-state index in [1.54, 1.807) is 6.07 Å². The molecule has 2 amide bonds. The molecule has 1 spiro atoms. The molecule has 2 heterocycles. The fourth-order valence-electron chi connectivity index (χ4n) is 5.24. The summed E-state index contributed by atoms with van der Waals surface area (Å²) in [6.45, 7) is 4.56.